The first-order valence-electron chi connectivity index (χ1n) is 7.48. The van der Waals surface area contributed by atoms with Gasteiger partial charge in [-0.25, -0.2) is 0 Å². The van der Waals surface area contributed by atoms with Crippen molar-refractivity contribution in [3.63, 3.8) is 0 Å². The number of amides is 1. The molecule has 1 atom stereocenters. The summed E-state index contributed by atoms with van der Waals surface area (Å²) in [5.41, 5.74) is 0.532. The van der Waals surface area contributed by atoms with E-state index in [-0.39, 0.29) is 17.7 Å². The van der Waals surface area contributed by atoms with E-state index in [0.29, 0.717) is 26.8 Å². The van der Waals surface area contributed by atoms with E-state index in [9.17, 15) is 4.79 Å². The Hall–Kier alpha value is -0.980. The molecule has 0 fully saturated rings. The van der Waals surface area contributed by atoms with Crippen LogP contribution >= 0.6 is 35.0 Å². The third-order valence-electron chi connectivity index (χ3n) is 3.31. The molecule has 0 saturated carbocycles. The summed E-state index contributed by atoms with van der Waals surface area (Å²) < 4.78 is 1.70. The lowest BCUT2D eigenvalue weighted by Gasteiger charge is -2.14. The number of pyridine rings is 1. The van der Waals surface area contributed by atoms with Crippen LogP contribution in [-0.2, 0) is 4.79 Å². The normalized spacial score (nSPS) is 12.8. The Bertz CT molecular complexity index is 689. The minimum atomic E-state index is -0.0175. The molecule has 0 saturated heterocycles. The maximum absolute atomic E-state index is 12.0. The molecule has 1 N–H and O–H groups in total. The Morgan fingerprint density at radius 3 is 2.74 bits per heavy atom. The quantitative estimate of drug-likeness (QED) is 0.742. The van der Waals surface area contributed by atoms with Crippen molar-refractivity contribution in [1.29, 1.82) is 0 Å². The smallest absolute Gasteiger partial charge is 0.230 e. The van der Waals surface area contributed by atoms with Crippen molar-refractivity contribution < 1.29 is 4.79 Å². The predicted molar refractivity (Wildman–Crippen MR) is 95.4 cm³/mol. The minimum Gasteiger partial charge on any atom is -0.353 e. The first-order chi connectivity index (χ1) is 10.9. The van der Waals surface area contributed by atoms with Gasteiger partial charge in [0.05, 0.1) is 15.8 Å². The van der Waals surface area contributed by atoms with Gasteiger partial charge in [-0.3, -0.25) is 9.20 Å². The Balaban J connectivity index is 1.92. The molecular weight excluding hydrogens is 355 g/mol. The topological polar surface area (TPSA) is 59.3 Å². The molecule has 0 bridgehead atoms. The summed E-state index contributed by atoms with van der Waals surface area (Å²) in [6.45, 7) is 6.38. The van der Waals surface area contributed by atoms with E-state index in [2.05, 4.69) is 29.4 Å². The zero-order chi connectivity index (χ0) is 17.0. The zero-order valence-corrected chi connectivity index (χ0v) is 15.7. The molecule has 0 aliphatic rings. The molecule has 0 aliphatic heterocycles. The average molecular weight is 375 g/mol. The Kier molecular flexibility index (Phi) is 6.56. The van der Waals surface area contributed by atoms with Crippen molar-refractivity contribution in [2.75, 3.05) is 5.75 Å². The molecule has 8 heteroatoms. The van der Waals surface area contributed by atoms with Gasteiger partial charge in [0.25, 0.3) is 0 Å². The van der Waals surface area contributed by atoms with E-state index in [0.717, 1.165) is 12.8 Å². The van der Waals surface area contributed by atoms with Crippen LogP contribution in [0.5, 0.6) is 0 Å². The van der Waals surface area contributed by atoms with Crippen LogP contribution in [0, 0.1) is 5.92 Å². The van der Waals surface area contributed by atoms with Crippen molar-refractivity contribution in [2.45, 2.75) is 44.8 Å². The highest BCUT2D eigenvalue weighted by Crippen LogP contribution is 2.25. The molecule has 0 aromatic carbocycles. The van der Waals surface area contributed by atoms with Gasteiger partial charge >= 0.3 is 0 Å². The average Bonchev–Trinajstić information content (AvgIpc) is 2.86. The molecule has 0 unspecified atom stereocenters. The molecule has 23 heavy (non-hydrogen) atoms. The Morgan fingerprint density at radius 2 is 2.04 bits per heavy atom. The van der Waals surface area contributed by atoms with Gasteiger partial charge in [0.1, 0.15) is 0 Å². The van der Waals surface area contributed by atoms with E-state index in [4.69, 9.17) is 23.2 Å². The summed E-state index contributed by atoms with van der Waals surface area (Å²) in [5, 5.41) is 12.6. The van der Waals surface area contributed by atoms with E-state index in [1.807, 2.05) is 6.92 Å². The maximum Gasteiger partial charge on any atom is 0.230 e. The highest BCUT2D eigenvalue weighted by atomic mass is 35.5. The second-order valence-corrected chi connectivity index (χ2v) is 7.70. The summed E-state index contributed by atoms with van der Waals surface area (Å²) in [4.78, 5) is 12.0. The molecule has 1 amide bonds. The third kappa shape index (κ3) is 5.26. The minimum absolute atomic E-state index is 0.0175. The number of hydrogen-bond donors (Lipinski definition) is 1. The fourth-order valence-corrected chi connectivity index (χ4v) is 3.33. The van der Waals surface area contributed by atoms with Crippen LogP contribution < -0.4 is 5.32 Å². The van der Waals surface area contributed by atoms with Crippen LogP contribution in [0.15, 0.2) is 17.4 Å². The molecule has 0 aliphatic carbocycles. The number of fused-ring (bicyclic) bond motifs is 1. The number of aromatic nitrogens is 3. The molecular formula is C15H20Cl2N4OS. The molecule has 0 spiro atoms. The number of carbonyl (C=O) groups excluding carboxylic acids is 1. The fourth-order valence-electron chi connectivity index (χ4n) is 2.10. The van der Waals surface area contributed by atoms with E-state index < -0.39 is 0 Å². The number of rotatable bonds is 7. The lowest BCUT2D eigenvalue weighted by molar-refractivity contribution is -0.119. The zero-order valence-electron chi connectivity index (χ0n) is 13.3. The summed E-state index contributed by atoms with van der Waals surface area (Å²) in [5.74, 6) is 0.897. The van der Waals surface area contributed by atoms with Crippen molar-refractivity contribution in [3.05, 3.63) is 22.3 Å². The Morgan fingerprint density at radius 1 is 1.30 bits per heavy atom. The molecule has 2 rings (SSSR count). The van der Waals surface area contributed by atoms with Gasteiger partial charge in [-0.2, -0.15) is 0 Å². The van der Waals surface area contributed by atoms with Crippen molar-refractivity contribution in [1.82, 2.24) is 19.9 Å². The van der Waals surface area contributed by atoms with Crippen molar-refractivity contribution in [3.8, 4) is 0 Å². The lowest BCUT2D eigenvalue weighted by Crippen LogP contribution is -2.34. The first-order valence-corrected chi connectivity index (χ1v) is 9.23. The second-order valence-electron chi connectivity index (χ2n) is 5.91. The molecule has 126 valence electrons. The van der Waals surface area contributed by atoms with Gasteiger partial charge in [0.15, 0.2) is 10.8 Å². The third-order valence-corrected chi connectivity index (χ3v) is 4.74. The van der Waals surface area contributed by atoms with Crippen LogP contribution in [-0.4, -0.2) is 32.3 Å². The van der Waals surface area contributed by atoms with Gasteiger partial charge in [-0.15, -0.1) is 10.2 Å². The maximum atomic E-state index is 12.0. The monoisotopic (exact) mass is 374 g/mol. The van der Waals surface area contributed by atoms with Gasteiger partial charge in [-0.1, -0.05) is 48.8 Å². The van der Waals surface area contributed by atoms with Gasteiger partial charge in [0, 0.05) is 12.2 Å². The van der Waals surface area contributed by atoms with Crippen molar-refractivity contribution >= 4 is 46.5 Å². The van der Waals surface area contributed by atoms with Crippen LogP contribution in [0.2, 0.25) is 10.0 Å². The number of hydrogen-bond acceptors (Lipinski definition) is 4. The number of halogens is 2. The standard InChI is InChI=1S/C15H20Cl2N4OS/c1-9(2)4-5-10(3)18-13(22)8-23-15-20-19-14-12(17)6-11(16)7-21(14)15/h6-7,9-10H,4-5,8H2,1-3H3,(H,18,22)/t10-/m0/s1. The van der Waals surface area contributed by atoms with Gasteiger partial charge < -0.3 is 5.32 Å². The van der Waals surface area contributed by atoms with E-state index in [1.165, 1.54) is 11.8 Å². The molecule has 5 nitrogen and oxygen atoms in total. The lowest BCUT2D eigenvalue weighted by atomic mass is 10.0. The summed E-state index contributed by atoms with van der Waals surface area (Å²) in [7, 11) is 0. The molecule has 2 aromatic rings. The second kappa shape index (κ2) is 8.22. The van der Waals surface area contributed by atoms with Crippen LogP contribution in [0.1, 0.15) is 33.6 Å². The van der Waals surface area contributed by atoms with Crippen LogP contribution in [0.4, 0.5) is 0 Å². The van der Waals surface area contributed by atoms with Crippen molar-refractivity contribution in [2.24, 2.45) is 5.92 Å². The van der Waals surface area contributed by atoms with E-state index >= 15 is 0 Å². The summed E-state index contributed by atoms with van der Waals surface area (Å²) >= 11 is 13.4. The van der Waals surface area contributed by atoms with Gasteiger partial charge in [-0.05, 0) is 31.7 Å². The van der Waals surface area contributed by atoms with Gasteiger partial charge in [0.2, 0.25) is 5.91 Å². The Labute approximate surface area is 150 Å². The number of thioether (sulfide) groups is 1. The number of carbonyl (C=O) groups is 1. The molecule has 2 heterocycles. The SMILES string of the molecule is CC(C)CC[C@H](C)NC(=O)CSc1nnc2c(Cl)cc(Cl)cn12. The molecule has 2 aromatic heterocycles. The first kappa shape index (κ1) is 18.4. The van der Waals surface area contributed by atoms with Crippen LogP contribution in [0.3, 0.4) is 0 Å². The fraction of sp³-hybridized carbons (Fsp3) is 0.533. The summed E-state index contributed by atoms with van der Waals surface area (Å²) in [6.07, 6.45) is 3.77. The predicted octanol–water partition coefficient (Wildman–Crippen LogP) is 4.07. The van der Waals surface area contributed by atoms with Crippen LogP contribution in [0.25, 0.3) is 5.65 Å². The van der Waals surface area contributed by atoms with E-state index in [1.54, 1.807) is 16.7 Å². The number of nitrogens with zero attached hydrogens (tertiary/aromatic N) is 3. The highest BCUT2D eigenvalue weighted by Gasteiger charge is 2.13. The summed E-state index contributed by atoms with van der Waals surface area (Å²) in [6, 6.07) is 1.79. The highest BCUT2D eigenvalue weighted by molar-refractivity contribution is 7.99. The number of nitrogens with one attached hydrogen (secondary N) is 1. The molecule has 0 radical (unpaired) electrons. The largest absolute Gasteiger partial charge is 0.353 e.